The zero-order valence-electron chi connectivity index (χ0n) is 12.7. The average molecular weight is 270 g/mol. The van der Waals surface area contributed by atoms with Crippen LogP contribution in [0.5, 0.6) is 0 Å². The number of ether oxygens (including phenoxy) is 1. The van der Waals surface area contributed by atoms with Gasteiger partial charge in [0.15, 0.2) is 0 Å². The number of hydrogen-bond donors (Lipinski definition) is 0. The lowest BCUT2D eigenvalue weighted by molar-refractivity contribution is -0.140. The van der Waals surface area contributed by atoms with Gasteiger partial charge < -0.3 is 9.16 Å². The third kappa shape index (κ3) is 2.28. The van der Waals surface area contributed by atoms with Gasteiger partial charge in [0, 0.05) is 0 Å². The van der Waals surface area contributed by atoms with E-state index in [1.165, 1.54) is 7.11 Å². The molecule has 0 fully saturated rings. The summed E-state index contributed by atoms with van der Waals surface area (Å²) >= 11 is 0. The summed E-state index contributed by atoms with van der Waals surface area (Å²) in [6.45, 7) is 13.7. The van der Waals surface area contributed by atoms with Crippen LogP contribution in [-0.2, 0) is 14.0 Å². The van der Waals surface area contributed by atoms with Gasteiger partial charge in [0.1, 0.15) is 0 Å². The first kappa shape index (κ1) is 15.4. The second-order valence-corrected chi connectivity index (χ2v) is 12.4. The van der Waals surface area contributed by atoms with Gasteiger partial charge >= 0.3 is 5.97 Å². The van der Waals surface area contributed by atoms with Gasteiger partial charge in [-0.05, 0) is 10.1 Å². The lowest BCUT2D eigenvalue weighted by Crippen LogP contribution is -2.60. The highest BCUT2D eigenvalue weighted by Crippen LogP contribution is 2.58. The van der Waals surface area contributed by atoms with E-state index in [9.17, 15) is 4.79 Å². The van der Waals surface area contributed by atoms with Crippen LogP contribution < -0.4 is 0 Å². The number of carbonyl (C=O) groups is 1. The molecule has 0 spiro atoms. The zero-order chi connectivity index (χ0) is 14.2. The van der Waals surface area contributed by atoms with Gasteiger partial charge in [0.05, 0.1) is 19.3 Å². The molecule has 1 aliphatic rings. The van der Waals surface area contributed by atoms with E-state index in [1.54, 1.807) is 0 Å². The molecule has 1 unspecified atom stereocenters. The highest BCUT2D eigenvalue weighted by atomic mass is 28.4. The van der Waals surface area contributed by atoms with Crippen molar-refractivity contribution in [3.63, 3.8) is 0 Å². The van der Waals surface area contributed by atoms with Crippen LogP contribution in [-0.4, -0.2) is 28.0 Å². The molecule has 0 amide bonds. The highest BCUT2D eigenvalue weighted by Gasteiger charge is 2.62. The van der Waals surface area contributed by atoms with Crippen molar-refractivity contribution in [2.75, 3.05) is 13.7 Å². The molecule has 104 valence electrons. The Balaban J connectivity index is 3.41. The number of esters is 1. The minimum Gasteiger partial charge on any atom is -0.469 e. The first-order valence-electron chi connectivity index (χ1n) is 6.46. The predicted molar refractivity (Wildman–Crippen MR) is 76.0 cm³/mol. The Hall–Kier alpha value is -0.613. The Bertz CT molecular complexity index is 333. The van der Waals surface area contributed by atoms with Crippen LogP contribution >= 0.6 is 0 Å². The first-order valence-corrected chi connectivity index (χ1v) is 8.45. The van der Waals surface area contributed by atoms with Crippen LogP contribution in [0.1, 0.15) is 41.5 Å². The second kappa shape index (κ2) is 4.81. The fourth-order valence-electron chi connectivity index (χ4n) is 3.46. The maximum absolute atomic E-state index is 12.2. The van der Waals surface area contributed by atoms with E-state index in [1.807, 2.05) is 12.2 Å². The maximum atomic E-state index is 12.2. The van der Waals surface area contributed by atoms with Crippen molar-refractivity contribution in [3.05, 3.63) is 12.2 Å². The van der Waals surface area contributed by atoms with Crippen molar-refractivity contribution in [1.29, 1.82) is 0 Å². The van der Waals surface area contributed by atoms with Crippen molar-refractivity contribution < 1.29 is 14.0 Å². The van der Waals surface area contributed by atoms with Crippen molar-refractivity contribution >= 4 is 14.3 Å². The zero-order valence-corrected chi connectivity index (χ0v) is 13.7. The van der Waals surface area contributed by atoms with E-state index in [0.29, 0.717) is 6.61 Å². The third-order valence-corrected chi connectivity index (χ3v) is 10.2. The molecule has 0 saturated carbocycles. The summed E-state index contributed by atoms with van der Waals surface area (Å²) in [7, 11) is -0.907. The highest BCUT2D eigenvalue weighted by molar-refractivity contribution is 6.84. The summed E-state index contributed by atoms with van der Waals surface area (Å²) in [5.74, 6) is -0.164. The Morgan fingerprint density at radius 1 is 1.22 bits per heavy atom. The Labute approximate surface area is 112 Å². The summed E-state index contributed by atoms with van der Waals surface area (Å²) in [6, 6.07) is 0. The molecule has 1 aliphatic heterocycles. The molecule has 4 heteroatoms. The third-order valence-electron chi connectivity index (χ3n) is 3.86. The number of methoxy groups -OCH3 is 1. The Morgan fingerprint density at radius 2 is 1.72 bits per heavy atom. The molecule has 0 aliphatic carbocycles. The number of carbonyl (C=O) groups excluding carboxylic acids is 1. The molecule has 3 nitrogen and oxygen atoms in total. The summed E-state index contributed by atoms with van der Waals surface area (Å²) in [5.41, 5.74) is -0.226. The summed E-state index contributed by atoms with van der Waals surface area (Å²) < 4.78 is 11.3. The summed E-state index contributed by atoms with van der Waals surface area (Å²) in [5, 5.41) is -0.0657. The number of hydrogen-bond acceptors (Lipinski definition) is 3. The largest absolute Gasteiger partial charge is 0.469 e. The van der Waals surface area contributed by atoms with Crippen LogP contribution in [0.15, 0.2) is 12.2 Å². The molecule has 0 radical (unpaired) electrons. The molecule has 0 N–H and O–H groups in total. The molecule has 0 saturated heterocycles. The first-order chi connectivity index (χ1) is 8.08. The van der Waals surface area contributed by atoms with E-state index >= 15 is 0 Å². The van der Waals surface area contributed by atoms with Gasteiger partial charge in [-0.25, -0.2) is 0 Å². The summed E-state index contributed by atoms with van der Waals surface area (Å²) in [4.78, 5) is 12.2. The molecule has 1 heterocycles. The lowest BCUT2D eigenvalue weighted by Gasteiger charge is -2.54. The fraction of sp³-hybridized carbons (Fsp3) is 0.786. The second-order valence-electron chi connectivity index (χ2n) is 6.98. The van der Waals surface area contributed by atoms with E-state index in [-0.39, 0.29) is 21.6 Å². The maximum Gasteiger partial charge on any atom is 0.312 e. The minimum atomic E-state index is -2.36. The van der Waals surface area contributed by atoms with Crippen LogP contribution in [0, 0.1) is 0 Å². The van der Waals surface area contributed by atoms with Gasteiger partial charge in [-0.3, -0.25) is 4.79 Å². The average Bonchev–Trinajstić information content (AvgIpc) is 2.24. The fourth-order valence-corrected chi connectivity index (χ4v) is 9.84. The molecule has 1 atom stereocenters. The van der Waals surface area contributed by atoms with E-state index in [0.717, 1.165) is 0 Å². The predicted octanol–water partition coefficient (Wildman–Crippen LogP) is 3.66. The van der Waals surface area contributed by atoms with E-state index in [4.69, 9.17) is 9.16 Å². The minimum absolute atomic E-state index is 0.0329. The molecule has 0 aromatic heterocycles. The SMILES string of the molecule is COC(=O)C1C=CCO[Si]1(C(C)(C)C)C(C)(C)C. The molecule has 0 bridgehead atoms. The quantitative estimate of drug-likeness (QED) is 0.414. The van der Waals surface area contributed by atoms with Crippen molar-refractivity contribution in [2.45, 2.75) is 57.2 Å². The van der Waals surface area contributed by atoms with Gasteiger partial charge in [0.2, 0.25) is 8.32 Å². The normalized spacial score (nSPS) is 23.8. The summed E-state index contributed by atoms with van der Waals surface area (Å²) in [6.07, 6.45) is 3.93. The Kier molecular flexibility index (Phi) is 4.13. The molecule has 0 aromatic carbocycles. The lowest BCUT2D eigenvalue weighted by atomic mass is 10.2. The monoisotopic (exact) mass is 270 g/mol. The van der Waals surface area contributed by atoms with Crippen LogP contribution in [0.3, 0.4) is 0 Å². The number of rotatable bonds is 1. The van der Waals surface area contributed by atoms with Crippen LogP contribution in [0.4, 0.5) is 0 Å². The van der Waals surface area contributed by atoms with Gasteiger partial charge in [0.25, 0.3) is 0 Å². The molecule has 18 heavy (non-hydrogen) atoms. The van der Waals surface area contributed by atoms with E-state index < -0.39 is 8.32 Å². The topological polar surface area (TPSA) is 35.5 Å². The van der Waals surface area contributed by atoms with E-state index in [2.05, 4.69) is 41.5 Å². The Morgan fingerprint density at radius 3 is 2.11 bits per heavy atom. The molecular weight excluding hydrogens is 244 g/mol. The molecular formula is C14H26O3Si. The van der Waals surface area contributed by atoms with Crippen molar-refractivity contribution in [1.82, 2.24) is 0 Å². The van der Waals surface area contributed by atoms with Gasteiger partial charge in [-0.1, -0.05) is 53.7 Å². The standard InChI is InChI=1S/C14H26O3Si/c1-13(2,3)18(14(4,5)6)11(12(15)16-7)9-8-10-17-18/h8-9,11H,10H2,1-7H3. The molecule has 1 rings (SSSR count). The molecule has 0 aromatic rings. The van der Waals surface area contributed by atoms with Crippen molar-refractivity contribution in [3.8, 4) is 0 Å². The van der Waals surface area contributed by atoms with Crippen molar-refractivity contribution in [2.24, 2.45) is 0 Å². The van der Waals surface area contributed by atoms with Gasteiger partial charge in [-0.15, -0.1) is 0 Å². The van der Waals surface area contributed by atoms with Gasteiger partial charge in [-0.2, -0.15) is 0 Å². The smallest absolute Gasteiger partial charge is 0.312 e. The van der Waals surface area contributed by atoms with Crippen LogP contribution in [0.2, 0.25) is 15.6 Å². The van der Waals surface area contributed by atoms with Crippen LogP contribution in [0.25, 0.3) is 0 Å².